The number of nitrogens with one attached hydrogen (secondary N) is 1. The van der Waals surface area contributed by atoms with Crippen LogP contribution in [0.4, 0.5) is 11.4 Å². The molecule has 1 aliphatic rings. The van der Waals surface area contributed by atoms with Crippen molar-refractivity contribution in [1.82, 2.24) is 9.29 Å². The normalized spacial score (nSPS) is 15.2. The molecule has 3 rings (SSSR count). The SMILES string of the molecule is Cc1ccc(NC(=O)COC(=O)C2CCN(S(=O)(=O)c3cccnc3)CC2)cc1[N+](=O)[O-]. The van der Waals surface area contributed by atoms with Gasteiger partial charge in [-0.2, -0.15) is 4.31 Å². The number of benzene rings is 1. The van der Waals surface area contributed by atoms with E-state index in [0.29, 0.717) is 5.56 Å². The molecule has 0 bridgehead atoms. The van der Waals surface area contributed by atoms with Crippen molar-refractivity contribution in [3.05, 3.63) is 58.4 Å². The van der Waals surface area contributed by atoms with Crippen molar-refractivity contribution in [1.29, 1.82) is 0 Å². The first-order chi connectivity index (χ1) is 15.2. The lowest BCUT2D eigenvalue weighted by Gasteiger charge is -2.29. The van der Waals surface area contributed by atoms with E-state index in [4.69, 9.17) is 4.74 Å². The largest absolute Gasteiger partial charge is 0.455 e. The third-order valence-electron chi connectivity index (χ3n) is 5.09. The van der Waals surface area contributed by atoms with E-state index < -0.39 is 39.3 Å². The molecule has 0 saturated carbocycles. The highest BCUT2D eigenvalue weighted by Gasteiger charge is 2.33. The molecule has 0 atom stereocenters. The summed E-state index contributed by atoms with van der Waals surface area (Å²) < 4.78 is 31.6. The Balaban J connectivity index is 1.49. The second-order valence-electron chi connectivity index (χ2n) is 7.28. The standard InChI is InChI=1S/C20H22N4O7S/c1-14-4-5-16(11-18(14)24(27)28)22-19(25)13-31-20(26)15-6-9-23(10-7-15)32(29,30)17-3-2-8-21-12-17/h2-5,8,11-12,15H,6-7,9-10,13H2,1H3,(H,22,25). The number of nitrogens with zero attached hydrogens (tertiary/aromatic N) is 3. The smallest absolute Gasteiger partial charge is 0.309 e. The number of esters is 1. The molecule has 1 fully saturated rings. The van der Waals surface area contributed by atoms with Crippen LogP contribution in [0.15, 0.2) is 47.6 Å². The van der Waals surface area contributed by atoms with Gasteiger partial charge in [-0.1, -0.05) is 6.07 Å². The number of anilines is 1. The number of ether oxygens (including phenoxy) is 1. The lowest BCUT2D eigenvalue weighted by atomic mass is 9.98. The van der Waals surface area contributed by atoms with Gasteiger partial charge in [0.2, 0.25) is 10.0 Å². The van der Waals surface area contributed by atoms with Crippen LogP contribution in [0.1, 0.15) is 18.4 Å². The molecule has 2 aromatic rings. The van der Waals surface area contributed by atoms with Crippen LogP contribution in [0, 0.1) is 23.0 Å². The summed E-state index contributed by atoms with van der Waals surface area (Å²) in [4.78, 5) is 38.7. The molecule has 0 radical (unpaired) electrons. The number of aryl methyl sites for hydroxylation is 1. The van der Waals surface area contributed by atoms with E-state index in [9.17, 15) is 28.1 Å². The molecule has 170 valence electrons. The molecule has 2 heterocycles. The van der Waals surface area contributed by atoms with E-state index in [-0.39, 0.29) is 42.2 Å². The number of carbonyl (C=O) groups is 2. The maximum Gasteiger partial charge on any atom is 0.309 e. The van der Waals surface area contributed by atoms with Crippen molar-refractivity contribution in [3.63, 3.8) is 0 Å². The van der Waals surface area contributed by atoms with Crippen LogP contribution in [-0.4, -0.2) is 54.2 Å². The molecule has 0 unspecified atom stereocenters. The predicted octanol–water partition coefficient (Wildman–Crippen LogP) is 1.88. The Hall–Kier alpha value is -3.38. The number of amides is 1. The minimum absolute atomic E-state index is 0.0917. The van der Waals surface area contributed by atoms with Gasteiger partial charge >= 0.3 is 5.97 Å². The summed E-state index contributed by atoms with van der Waals surface area (Å²) in [5.74, 6) is -1.75. The van der Waals surface area contributed by atoms with Crippen molar-refractivity contribution >= 4 is 33.3 Å². The Morgan fingerprint density at radius 3 is 2.62 bits per heavy atom. The second-order valence-corrected chi connectivity index (χ2v) is 9.22. The highest BCUT2D eigenvalue weighted by Crippen LogP contribution is 2.25. The van der Waals surface area contributed by atoms with E-state index in [1.165, 1.54) is 47.0 Å². The first-order valence-corrected chi connectivity index (χ1v) is 11.2. The number of nitro groups is 1. The fourth-order valence-corrected chi connectivity index (χ4v) is 4.75. The van der Waals surface area contributed by atoms with Crippen LogP contribution in [-0.2, 0) is 24.3 Å². The Labute approximate surface area is 184 Å². The number of hydrogen-bond acceptors (Lipinski definition) is 8. The maximum atomic E-state index is 12.6. The van der Waals surface area contributed by atoms with Crippen LogP contribution in [0.25, 0.3) is 0 Å². The zero-order chi connectivity index (χ0) is 23.3. The molecule has 12 heteroatoms. The van der Waals surface area contributed by atoms with Gasteiger partial charge in [0.1, 0.15) is 4.90 Å². The van der Waals surface area contributed by atoms with E-state index in [1.807, 2.05) is 0 Å². The van der Waals surface area contributed by atoms with Crippen LogP contribution in [0.5, 0.6) is 0 Å². The Morgan fingerprint density at radius 1 is 1.28 bits per heavy atom. The Morgan fingerprint density at radius 2 is 2.00 bits per heavy atom. The molecular formula is C20H22N4O7S. The lowest BCUT2D eigenvalue weighted by molar-refractivity contribution is -0.385. The number of carbonyl (C=O) groups excluding carboxylic acids is 2. The Kier molecular flexibility index (Phi) is 7.15. The summed E-state index contributed by atoms with van der Waals surface area (Å²) in [6.07, 6.45) is 3.29. The summed E-state index contributed by atoms with van der Waals surface area (Å²) >= 11 is 0. The van der Waals surface area contributed by atoms with Crippen LogP contribution in [0.2, 0.25) is 0 Å². The van der Waals surface area contributed by atoms with E-state index in [0.717, 1.165) is 0 Å². The van der Waals surface area contributed by atoms with Gasteiger partial charge in [-0.25, -0.2) is 8.42 Å². The van der Waals surface area contributed by atoms with Gasteiger partial charge in [0.05, 0.1) is 10.8 Å². The summed E-state index contributed by atoms with van der Waals surface area (Å²) in [7, 11) is -3.68. The molecule has 1 aliphatic heterocycles. The zero-order valence-electron chi connectivity index (χ0n) is 17.3. The van der Waals surface area contributed by atoms with Crippen molar-refractivity contribution < 1.29 is 27.7 Å². The number of piperidine rings is 1. The number of nitro benzene ring substituents is 1. The monoisotopic (exact) mass is 462 g/mol. The van der Waals surface area contributed by atoms with Crippen molar-refractivity contribution in [3.8, 4) is 0 Å². The molecular weight excluding hydrogens is 440 g/mol. The van der Waals surface area contributed by atoms with Crippen molar-refractivity contribution in [2.24, 2.45) is 5.92 Å². The summed E-state index contributed by atoms with van der Waals surface area (Å²) in [6, 6.07) is 7.25. The van der Waals surface area contributed by atoms with E-state index in [2.05, 4.69) is 10.3 Å². The third-order valence-corrected chi connectivity index (χ3v) is 6.98. The molecule has 1 N–H and O–H groups in total. The number of aromatic nitrogens is 1. The molecule has 1 saturated heterocycles. The number of rotatable bonds is 7. The number of sulfonamides is 1. The van der Waals surface area contributed by atoms with Gasteiger partial charge in [-0.3, -0.25) is 24.7 Å². The van der Waals surface area contributed by atoms with Crippen molar-refractivity contribution in [2.45, 2.75) is 24.7 Å². The predicted molar refractivity (Wildman–Crippen MR) is 113 cm³/mol. The number of pyridine rings is 1. The minimum Gasteiger partial charge on any atom is -0.455 e. The molecule has 1 aromatic heterocycles. The highest BCUT2D eigenvalue weighted by atomic mass is 32.2. The van der Waals surface area contributed by atoms with E-state index in [1.54, 1.807) is 6.92 Å². The summed E-state index contributed by atoms with van der Waals surface area (Å²) in [5, 5.41) is 13.4. The molecule has 0 aliphatic carbocycles. The molecule has 11 nitrogen and oxygen atoms in total. The fourth-order valence-electron chi connectivity index (χ4n) is 3.32. The minimum atomic E-state index is -3.68. The first kappa shape index (κ1) is 23.3. The average Bonchev–Trinajstić information content (AvgIpc) is 2.79. The Bertz CT molecular complexity index is 1110. The number of hydrogen-bond donors (Lipinski definition) is 1. The van der Waals surface area contributed by atoms with E-state index >= 15 is 0 Å². The lowest BCUT2D eigenvalue weighted by Crippen LogP contribution is -2.40. The first-order valence-electron chi connectivity index (χ1n) is 9.80. The van der Waals surface area contributed by atoms with Crippen LogP contribution in [0.3, 0.4) is 0 Å². The summed E-state index contributed by atoms with van der Waals surface area (Å²) in [6.45, 7) is 1.33. The average molecular weight is 462 g/mol. The summed E-state index contributed by atoms with van der Waals surface area (Å²) in [5.41, 5.74) is 0.543. The fraction of sp³-hybridized carbons (Fsp3) is 0.350. The van der Waals surface area contributed by atoms with Gasteiger partial charge < -0.3 is 10.1 Å². The topological polar surface area (TPSA) is 149 Å². The van der Waals surface area contributed by atoms with Crippen molar-refractivity contribution in [2.75, 3.05) is 25.0 Å². The molecule has 1 amide bonds. The third kappa shape index (κ3) is 5.45. The van der Waals surface area contributed by atoms with Gasteiger partial charge in [0, 0.05) is 42.8 Å². The van der Waals surface area contributed by atoms with Gasteiger partial charge in [0.25, 0.3) is 11.6 Å². The molecule has 0 spiro atoms. The van der Waals surface area contributed by atoms with Gasteiger partial charge in [-0.05, 0) is 38.0 Å². The molecule has 1 aromatic carbocycles. The molecule has 32 heavy (non-hydrogen) atoms. The quantitative estimate of drug-likeness (QED) is 0.372. The van der Waals surface area contributed by atoms with Gasteiger partial charge in [-0.15, -0.1) is 0 Å². The maximum absolute atomic E-state index is 12.6. The van der Waals surface area contributed by atoms with Crippen LogP contribution >= 0.6 is 0 Å². The van der Waals surface area contributed by atoms with Gasteiger partial charge in [0.15, 0.2) is 6.61 Å². The highest BCUT2D eigenvalue weighted by molar-refractivity contribution is 7.89. The zero-order valence-corrected chi connectivity index (χ0v) is 18.1. The van der Waals surface area contributed by atoms with Crippen LogP contribution < -0.4 is 5.32 Å². The second kappa shape index (κ2) is 9.83.